The van der Waals surface area contributed by atoms with Crippen LogP contribution in [-0.2, 0) is 0 Å². The maximum absolute atomic E-state index is 12.1. The predicted octanol–water partition coefficient (Wildman–Crippen LogP) is 4.64. The predicted molar refractivity (Wildman–Crippen MR) is 111 cm³/mol. The Labute approximate surface area is 169 Å². The Morgan fingerprint density at radius 1 is 1.18 bits per heavy atom. The van der Waals surface area contributed by atoms with E-state index in [9.17, 15) is 4.79 Å². The van der Waals surface area contributed by atoms with E-state index in [2.05, 4.69) is 4.98 Å². The zero-order valence-electron chi connectivity index (χ0n) is 16.0. The van der Waals surface area contributed by atoms with Crippen molar-refractivity contribution in [1.29, 1.82) is 0 Å². The van der Waals surface area contributed by atoms with Gasteiger partial charge in [-0.3, -0.25) is 4.79 Å². The monoisotopic (exact) mass is 398 g/mol. The molecule has 1 aromatic heterocycles. The van der Waals surface area contributed by atoms with Crippen molar-refractivity contribution in [2.24, 2.45) is 29.4 Å². The minimum Gasteiger partial charge on any atom is -0.486 e. The summed E-state index contributed by atoms with van der Waals surface area (Å²) in [6.07, 6.45) is 11.2. The van der Waals surface area contributed by atoms with Crippen molar-refractivity contribution in [1.82, 2.24) is 4.98 Å². The second-order valence-corrected chi connectivity index (χ2v) is 10.4. The summed E-state index contributed by atoms with van der Waals surface area (Å²) < 4.78 is 6.76. The van der Waals surface area contributed by atoms with Gasteiger partial charge in [0.05, 0.1) is 5.02 Å². The summed E-state index contributed by atoms with van der Waals surface area (Å²) in [5.74, 6) is 3.53. The van der Waals surface area contributed by atoms with Crippen LogP contribution in [0.4, 0.5) is 0 Å². The molecule has 1 aromatic carbocycles. The molecule has 0 saturated heterocycles. The molecule has 4 fully saturated rings. The molecule has 1 heterocycles. The molecule has 28 heavy (non-hydrogen) atoms. The Kier molecular flexibility index (Phi) is 3.57. The molecule has 5 atom stereocenters. The summed E-state index contributed by atoms with van der Waals surface area (Å²) in [5, 5.41) is 2.01. The summed E-state index contributed by atoms with van der Waals surface area (Å²) >= 11 is 6.57. The van der Waals surface area contributed by atoms with E-state index in [1.54, 1.807) is 12.3 Å². The molecule has 5 unspecified atom stereocenters. The van der Waals surface area contributed by atoms with E-state index in [1.165, 1.54) is 25.7 Å². The third-order valence-electron chi connectivity index (χ3n) is 8.28. The quantitative estimate of drug-likeness (QED) is 0.791. The van der Waals surface area contributed by atoms with Crippen LogP contribution in [0, 0.1) is 23.7 Å². The second-order valence-electron chi connectivity index (χ2n) is 9.96. The molecule has 0 spiro atoms. The van der Waals surface area contributed by atoms with Crippen LogP contribution in [0.5, 0.6) is 5.75 Å². The Morgan fingerprint density at radius 2 is 2.04 bits per heavy atom. The summed E-state index contributed by atoms with van der Waals surface area (Å²) in [6, 6.07) is 5.59. The van der Waals surface area contributed by atoms with E-state index in [-0.39, 0.29) is 16.7 Å². The molecular weight excluding hydrogens is 372 g/mol. The summed E-state index contributed by atoms with van der Waals surface area (Å²) in [5.41, 5.74) is 6.83. The molecule has 148 valence electrons. The fraction of sp³-hybridized carbons (Fsp3) is 0.609. The molecule has 4 saturated carbocycles. The first-order valence-electron chi connectivity index (χ1n) is 10.7. The molecule has 4 aliphatic rings. The highest BCUT2D eigenvalue weighted by atomic mass is 35.5. The third-order valence-corrected chi connectivity index (χ3v) is 8.58. The van der Waals surface area contributed by atoms with Crippen molar-refractivity contribution in [2.45, 2.75) is 62.5 Å². The Hall–Kier alpha value is -1.52. The Morgan fingerprint density at radius 3 is 2.86 bits per heavy atom. The fourth-order valence-electron chi connectivity index (χ4n) is 6.97. The molecule has 0 aliphatic heterocycles. The number of benzene rings is 1. The summed E-state index contributed by atoms with van der Waals surface area (Å²) in [6.45, 7) is 0. The van der Waals surface area contributed by atoms with Gasteiger partial charge in [-0.05, 0) is 98.6 Å². The second kappa shape index (κ2) is 5.76. The van der Waals surface area contributed by atoms with Crippen molar-refractivity contribution >= 4 is 22.4 Å². The number of halogens is 1. The molecule has 0 amide bonds. The summed E-state index contributed by atoms with van der Waals surface area (Å²) in [4.78, 5) is 14.8. The van der Waals surface area contributed by atoms with Gasteiger partial charge < -0.3 is 15.5 Å². The number of nitrogens with two attached hydrogens (primary N) is 1. The van der Waals surface area contributed by atoms with Crippen LogP contribution in [0.1, 0.15) is 51.4 Å². The fourth-order valence-corrected chi connectivity index (χ4v) is 7.18. The first-order valence-corrected chi connectivity index (χ1v) is 11.1. The molecule has 4 nitrogen and oxygen atoms in total. The van der Waals surface area contributed by atoms with E-state index < -0.39 is 0 Å². The van der Waals surface area contributed by atoms with Crippen molar-refractivity contribution < 1.29 is 4.74 Å². The van der Waals surface area contributed by atoms with Crippen LogP contribution in [0.3, 0.4) is 0 Å². The highest BCUT2D eigenvalue weighted by Crippen LogP contribution is 2.62. The number of H-pyrrole nitrogens is 1. The Balaban J connectivity index is 1.38. The molecule has 2 aromatic rings. The van der Waals surface area contributed by atoms with E-state index in [1.807, 2.05) is 12.1 Å². The molecule has 4 aliphatic carbocycles. The number of fused-ring (bicyclic) bond motifs is 3. The van der Waals surface area contributed by atoms with Gasteiger partial charge in [-0.1, -0.05) is 11.6 Å². The van der Waals surface area contributed by atoms with Crippen LogP contribution in [0.15, 0.2) is 29.2 Å². The van der Waals surface area contributed by atoms with Gasteiger partial charge in [0.1, 0.15) is 11.4 Å². The van der Waals surface area contributed by atoms with Gasteiger partial charge in [0, 0.05) is 17.1 Å². The van der Waals surface area contributed by atoms with E-state index in [0.717, 1.165) is 42.9 Å². The smallest absolute Gasteiger partial charge is 0.255 e. The van der Waals surface area contributed by atoms with Crippen LogP contribution in [0.25, 0.3) is 10.8 Å². The van der Waals surface area contributed by atoms with Gasteiger partial charge in [0.25, 0.3) is 5.56 Å². The number of hydrogen-bond acceptors (Lipinski definition) is 3. The molecule has 5 heteroatoms. The molecular formula is C23H27ClN2O2. The number of rotatable bonds is 3. The number of aromatic amines is 1. The number of nitrogens with one attached hydrogen (secondary N) is 1. The first kappa shape index (κ1) is 17.3. The largest absolute Gasteiger partial charge is 0.486 e. The van der Waals surface area contributed by atoms with Gasteiger partial charge in [-0.2, -0.15) is 0 Å². The highest BCUT2D eigenvalue weighted by Gasteiger charge is 2.60. The van der Waals surface area contributed by atoms with Gasteiger partial charge in [-0.25, -0.2) is 0 Å². The number of ether oxygens (including phenoxy) is 1. The van der Waals surface area contributed by atoms with Gasteiger partial charge >= 0.3 is 0 Å². The number of aromatic nitrogens is 1. The topological polar surface area (TPSA) is 68.1 Å². The zero-order chi connectivity index (χ0) is 19.1. The van der Waals surface area contributed by atoms with Crippen molar-refractivity contribution in [3.8, 4) is 5.75 Å². The van der Waals surface area contributed by atoms with Crippen molar-refractivity contribution in [3.05, 3.63) is 39.8 Å². The van der Waals surface area contributed by atoms with Crippen LogP contribution >= 0.6 is 11.6 Å². The lowest BCUT2D eigenvalue weighted by atomic mass is 9.73. The number of pyridine rings is 1. The van der Waals surface area contributed by atoms with Crippen molar-refractivity contribution in [2.75, 3.05) is 0 Å². The van der Waals surface area contributed by atoms with E-state index >= 15 is 0 Å². The van der Waals surface area contributed by atoms with Crippen LogP contribution in [0.2, 0.25) is 5.02 Å². The SMILES string of the molecule is NC1(C2CC2)CCC2(Oc3cc4cc[nH]c(=O)c4cc3Cl)CC3CC(C2)C1C3. The van der Waals surface area contributed by atoms with Gasteiger partial charge in [0.2, 0.25) is 0 Å². The average Bonchev–Trinajstić information content (AvgIpc) is 3.47. The third kappa shape index (κ3) is 2.50. The maximum atomic E-state index is 12.1. The standard InChI is InChI=1S/C23H27ClN2O2/c24-19-10-17-14(3-6-26-21(17)27)9-20(19)28-22-4-5-23(25,16-1-2-16)18-8-13(11-22)7-15(18)12-22/h3,6,9-10,13,15-16,18H,1-2,4-5,7-8,11-12,25H2,(H,26,27). The lowest BCUT2D eigenvalue weighted by Gasteiger charge is -2.41. The van der Waals surface area contributed by atoms with Gasteiger partial charge in [-0.15, -0.1) is 0 Å². The Bertz CT molecular complexity index is 1020. The maximum Gasteiger partial charge on any atom is 0.255 e. The van der Waals surface area contributed by atoms with E-state index in [4.69, 9.17) is 22.1 Å². The highest BCUT2D eigenvalue weighted by molar-refractivity contribution is 6.32. The normalized spacial score (nSPS) is 39.3. The molecule has 3 bridgehead atoms. The lowest BCUT2D eigenvalue weighted by Crippen LogP contribution is -2.50. The minimum absolute atomic E-state index is 0.0193. The molecule has 0 radical (unpaired) electrons. The minimum atomic E-state index is -0.156. The number of hydrogen-bond donors (Lipinski definition) is 2. The first-order chi connectivity index (χ1) is 13.5. The van der Waals surface area contributed by atoms with Gasteiger partial charge in [0.15, 0.2) is 0 Å². The van der Waals surface area contributed by atoms with Crippen molar-refractivity contribution in [3.63, 3.8) is 0 Å². The average molecular weight is 399 g/mol. The van der Waals surface area contributed by atoms with E-state index in [0.29, 0.717) is 28.0 Å². The lowest BCUT2D eigenvalue weighted by molar-refractivity contribution is -0.00141. The van der Waals surface area contributed by atoms with Crippen LogP contribution < -0.4 is 16.0 Å². The van der Waals surface area contributed by atoms with Crippen LogP contribution in [-0.4, -0.2) is 16.1 Å². The molecule has 3 N–H and O–H groups in total. The molecule has 6 rings (SSSR count). The zero-order valence-corrected chi connectivity index (χ0v) is 16.8. The summed E-state index contributed by atoms with van der Waals surface area (Å²) in [7, 11) is 0.